The summed E-state index contributed by atoms with van der Waals surface area (Å²) in [5, 5.41) is 9.88. The molecule has 3 atom stereocenters. The molecular formula is C18H28N2O2. The second kappa shape index (κ2) is 5.12. The Hall–Kier alpha value is -1.29. The molecule has 0 spiro atoms. The maximum absolute atomic E-state index is 13.0. The van der Waals surface area contributed by atoms with Crippen molar-refractivity contribution in [1.29, 1.82) is 0 Å². The summed E-state index contributed by atoms with van der Waals surface area (Å²) in [6, 6.07) is 2.44. The van der Waals surface area contributed by atoms with Crippen LogP contribution >= 0.6 is 0 Å². The Morgan fingerprint density at radius 3 is 2.64 bits per heavy atom. The van der Waals surface area contributed by atoms with Gasteiger partial charge in [0, 0.05) is 35.4 Å². The molecule has 0 aromatic carbocycles. The highest BCUT2D eigenvalue weighted by atomic mass is 16.3. The van der Waals surface area contributed by atoms with E-state index in [1.165, 1.54) is 0 Å². The third-order valence-electron chi connectivity index (χ3n) is 5.82. The first-order valence-corrected chi connectivity index (χ1v) is 8.44. The van der Waals surface area contributed by atoms with Gasteiger partial charge in [0.05, 0.1) is 12.2 Å². The first-order chi connectivity index (χ1) is 10.3. The molecule has 2 bridgehead atoms. The van der Waals surface area contributed by atoms with Gasteiger partial charge in [-0.15, -0.1) is 0 Å². The summed E-state index contributed by atoms with van der Waals surface area (Å²) in [5.41, 5.74) is 0.683. The molecule has 2 aliphatic rings. The smallest absolute Gasteiger partial charge is 0.255 e. The fraction of sp³-hybridized carbons (Fsp3) is 0.722. The van der Waals surface area contributed by atoms with Gasteiger partial charge in [0.1, 0.15) is 0 Å². The molecule has 0 saturated carbocycles. The third kappa shape index (κ3) is 2.19. The Morgan fingerprint density at radius 2 is 2.14 bits per heavy atom. The molecule has 4 heteroatoms. The van der Waals surface area contributed by atoms with Crippen LogP contribution in [-0.2, 0) is 5.54 Å². The fourth-order valence-corrected chi connectivity index (χ4v) is 4.35. The molecule has 1 amide bonds. The molecule has 2 fully saturated rings. The van der Waals surface area contributed by atoms with Gasteiger partial charge in [-0.3, -0.25) is 4.79 Å². The second-order valence-electron chi connectivity index (χ2n) is 8.02. The van der Waals surface area contributed by atoms with Crippen LogP contribution in [0.3, 0.4) is 0 Å². The lowest BCUT2D eigenvalue weighted by molar-refractivity contribution is 0.0557. The Labute approximate surface area is 133 Å². The van der Waals surface area contributed by atoms with E-state index in [0.717, 1.165) is 31.2 Å². The number of nitrogens with zero attached hydrogens (tertiary/aromatic N) is 2. The highest BCUT2D eigenvalue weighted by Gasteiger charge is 2.56. The van der Waals surface area contributed by atoms with E-state index in [-0.39, 0.29) is 29.5 Å². The van der Waals surface area contributed by atoms with Gasteiger partial charge >= 0.3 is 0 Å². The van der Waals surface area contributed by atoms with Crippen molar-refractivity contribution >= 4 is 5.91 Å². The average molecular weight is 304 g/mol. The molecule has 0 unspecified atom stereocenters. The maximum atomic E-state index is 13.0. The lowest BCUT2D eigenvalue weighted by Crippen LogP contribution is -2.42. The molecule has 1 aromatic rings. The first kappa shape index (κ1) is 15.6. The predicted molar refractivity (Wildman–Crippen MR) is 86.8 cm³/mol. The van der Waals surface area contributed by atoms with Crippen molar-refractivity contribution in [1.82, 2.24) is 9.47 Å². The van der Waals surface area contributed by atoms with Crippen molar-refractivity contribution in [2.75, 3.05) is 6.61 Å². The van der Waals surface area contributed by atoms with Gasteiger partial charge in [-0.2, -0.15) is 0 Å². The Bertz CT molecular complexity index is 566. The molecule has 2 saturated heterocycles. The fourth-order valence-electron chi connectivity index (χ4n) is 4.35. The van der Waals surface area contributed by atoms with E-state index >= 15 is 0 Å². The number of aromatic nitrogens is 1. The van der Waals surface area contributed by atoms with Crippen molar-refractivity contribution in [2.24, 2.45) is 5.41 Å². The first-order valence-electron chi connectivity index (χ1n) is 8.44. The van der Waals surface area contributed by atoms with Gasteiger partial charge in [0.25, 0.3) is 5.91 Å². The highest BCUT2D eigenvalue weighted by Crippen LogP contribution is 2.51. The minimum atomic E-state index is -0.0782. The second-order valence-corrected chi connectivity index (χ2v) is 8.02. The lowest BCUT2D eigenvalue weighted by atomic mass is 9.72. The number of rotatable bonds is 3. The monoisotopic (exact) mass is 304 g/mol. The van der Waals surface area contributed by atoms with E-state index < -0.39 is 0 Å². The van der Waals surface area contributed by atoms with E-state index in [9.17, 15) is 9.90 Å². The van der Waals surface area contributed by atoms with Crippen LogP contribution in [-0.4, -0.2) is 39.2 Å². The number of carbonyl (C=O) groups excluding carboxylic acids is 1. The molecule has 22 heavy (non-hydrogen) atoms. The highest BCUT2D eigenvalue weighted by molar-refractivity contribution is 5.95. The van der Waals surface area contributed by atoms with Gasteiger partial charge in [-0.1, -0.05) is 6.92 Å². The number of carbonyl (C=O) groups is 1. The van der Waals surface area contributed by atoms with Crippen LogP contribution in [0.1, 0.15) is 63.7 Å². The van der Waals surface area contributed by atoms with Crippen molar-refractivity contribution in [3.05, 3.63) is 24.0 Å². The van der Waals surface area contributed by atoms with Crippen LogP contribution in [0, 0.1) is 5.41 Å². The summed E-state index contributed by atoms with van der Waals surface area (Å²) in [4.78, 5) is 15.1. The van der Waals surface area contributed by atoms with E-state index in [4.69, 9.17) is 0 Å². The Kier molecular flexibility index (Phi) is 3.63. The molecule has 3 rings (SSSR count). The number of aliphatic hydroxyl groups is 1. The van der Waals surface area contributed by atoms with E-state index in [1.54, 1.807) is 0 Å². The van der Waals surface area contributed by atoms with Crippen LogP contribution in [0.25, 0.3) is 0 Å². The maximum Gasteiger partial charge on any atom is 0.255 e. The summed E-state index contributed by atoms with van der Waals surface area (Å²) >= 11 is 0. The number of hydrogen-bond acceptors (Lipinski definition) is 2. The minimum absolute atomic E-state index is 0.0131. The third-order valence-corrected chi connectivity index (χ3v) is 5.82. The summed E-state index contributed by atoms with van der Waals surface area (Å²) in [6.07, 6.45) is 7.97. The van der Waals surface area contributed by atoms with Gasteiger partial charge in [0.2, 0.25) is 0 Å². The summed E-state index contributed by atoms with van der Waals surface area (Å²) < 4.78 is 2.09. The average Bonchev–Trinajstić information content (AvgIpc) is 3.18. The van der Waals surface area contributed by atoms with Crippen molar-refractivity contribution < 1.29 is 9.90 Å². The number of amides is 1. The zero-order valence-electron chi connectivity index (χ0n) is 14.2. The molecule has 0 radical (unpaired) electrons. The molecule has 2 aliphatic heterocycles. The van der Waals surface area contributed by atoms with Gasteiger partial charge in [0.15, 0.2) is 0 Å². The molecule has 3 heterocycles. The molecule has 4 nitrogen and oxygen atoms in total. The van der Waals surface area contributed by atoms with Crippen molar-refractivity contribution in [3.8, 4) is 0 Å². The van der Waals surface area contributed by atoms with Crippen LogP contribution in [0.4, 0.5) is 0 Å². The van der Waals surface area contributed by atoms with E-state index in [0.29, 0.717) is 6.04 Å². The molecule has 1 aromatic heterocycles. The van der Waals surface area contributed by atoms with Crippen LogP contribution < -0.4 is 0 Å². The van der Waals surface area contributed by atoms with Gasteiger partial charge < -0.3 is 14.6 Å². The quantitative estimate of drug-likeness (QED) is 0.933. The Morgan fingerprint density at radius 1 is 1.41 bits per heavy atom. The van der Waals surface area contributed by atoms with Crippen molar-refractivity contribution in [3.63, 3.8) is 0 Å². The number of aliphatic hydroxyl groups excluding tert-OH is 1. The molecule has 122 valence electrons. The predicted octanol–water partition coefficient (Wildman–Crippen LogP) is 3.01. The largest absolute Gasteiger partial charge is 0.396 e. The lowest BCUT2D eigenvalue weighted by Gasteiger charge is -2.34. The van der Waals surface area contributed by atoms with Gasteiger partial charge in [-0.25, -0.2) is 0 Å². The van der Waals surface area contributed by atoms with Crippen LogP contribution in [0.15, 0.2) is 18.5 Å². The summed E-state index contributed by atoms with van der Waals surface area (Å²) in [6.45, 7) is 8.73. The standard InChI is InChI=1S/C18H28N2O2/c1-5-18(12-21)10-14-6-7-15(18)20(14)16(22)13-8-9-19(11-13)17(2,3)4/h8-9,11,14-15,21H,5-7,10,12H2,1-4H3/t14-,15+,18-/m0/s1. The van der Waals surface area contributed by atoms with Crippen LogP contribution in [0.2, 0.25) is 0 Å². The van der Waals surface area contributed by atoms with Crippen LogP contribution in [0.5, 0.6) is 0 Å². The number of hydrogen-bond donors (Lipinski definition) is 1. The number of fused-ring (bicyclic) bond motifs is 2. The van der Waals surface area contributed by atoms with E-state index in [1.807, 2.05) is 18.5 Å². The minimum Gasteiger partial charge on any atom is -0.396 e. The normalized spacial score (nSPS) is 31.0. The SMILES string of the molecule is CC[C@@]1(CO)C[C@@H]2CC[C@H]1N2C(=O)c1ccn(C(C)(C)C)c1. The zero-order chi connectivity index (χ0) is 16.1. The Balaban J connectivity index is 1.86. The zero-order valence-corrected chi connectivity index (χ0v) is 14.2. The molecule has 0 aliphatic carbocycles. The molecule has 1 N–H and O–H groups in total. The summed E-state index contributed by atoms with van der Waals surface area (Å²) in [5.74, 6) is 0.138. The summed E-state index contributed by atoms with van der Waals surface area (Å²) in [7, 11) is 0. The van der Waals surface area contributed by atoms with Gasteiger partial charge in [-0.05, 0) is 52.5 Å². The van der Waals surface area contributed by atoms with E-state index in [2.05, 4.69) is 37.2 Å². The van der Waals surface area contributed by atoms with Crippen molar-refractivity contribution in [2.45, 2.75) is 71.0 Å². The topological polar surface area (TPSA) is 45.5 Å². The molecular weight excluding hydrogens is 276 g/mol.